The summed E-state index contributed by atoms with van der Waals surface area (Å²) in [5.41, 5.74) is 0.939. The molecule has 0 radical (unpaired) electrons. The molecular formula is C14H17NO5. The van der Waals surface area contributed by atoms with Crippen LogP contribution < -0.4 is 4.74 Å². The zero-order valence-electron chi connectivity index (χ0n) is 11.2. The molecule has 2 rings (SSSR count). The first-order valence-electron chi connectivity index (χ1n) is 6.32. The third-order valence-corrected chi connectivity index (χ3v) is 3.13. The number of hydrogen-bond donors (Lipinski definition) is 1. The van der Waals surface area contributed by atoms with Crippen LogP contribution in [0, 0.1) is 0 Å². The number of nitrogens with zero attached hydrogens (tertiary/aromatic N) is 1. The third-order valence-electron chi connectivity index (χ3n) is 3.13. The molecule has 0 spiro atoms. The number of carbonyl (C=O) groups is 2. The van der Waals surface area contributed by atoms with Gasteiger partial charge in [0.2, 0.25) is 5.91 Å². The van der Waals surface area contributed by atoms with Gasteiger partial charge >= 0.3 is 5.97 Å². The highest BCUT2D eigenvalue weighted by molar-refractivity contribution is 5.78. The molecule has 0 saturated carbocycles. The van der Waals surface area contributed by atoms with Gasteiger partial charge in [-0.3, -0.25) is 9.59 Å². The van der Waals surface area contributed by atoms with E-state index in [1.165, 1.54) is 0 Å². The van der Waals surface area contributed by atoms with Crippen LogP contribution in [0.5, 0.6) is 5.75 Å². The van der Waals surface area contributed by atoms with Crippen molar-refractivity contribution in [2.24, 2.45) is 0 Å². The molecule has 1 N–H and O–H groups in total. The van der Waals surface area contributed by atoms with Crippen LogP contribution in [0.25, 0.3) is 0 Å². The largest absolute Gasteiger partial charge is 0.497 e. The van der Waals surface area contributed by atoms with Crippen LogP contribution in [-0.4, -0.2) is 48.2 Å². The van der Waals surface area contributed by atoms with Gasteiger partial charge in [0.15, 0.2) is 0 Å². The van der Waals surface area contributed by atoms with E-state index in [9.17, 15) is 9.59 Å². The Labute approximate surface area is 116 Å². The standard InChI is InChI=1S/C14H17NO5/c1-19-11-4-2-3-10(5-11)7-15-8-12(6-14(17)18)20-9-13(15)16/h2-5,12H,6-9H2,1H3,(H,17,18). The molecule has 1 saturated heterocycles. The molecule has 1 fully saturated rings. The zero-order chi connectivity index (χ0) is 14.5. The first-order valence-corrected chi connectivity index (χ1v) is 6.32. The number of carboxylic acid groups (broad SMARTS) is 1. The lowest BCUT2D eigenvalue weighted by molar-refractivity contribution is -0.155. The fourth-order valence-corrected chi connectivity index (χ4v) is 2.14. The quantitative estimate of drug-likeness (QED) is 0.866. The van der Waals surface area contributed by atoms with E-state index >= 15 is 0 Å². The zero-order valence-corrected chi connectivity index (χ0v) is 11.2. The summed E-state index contributed by atoms with van der Waals surface area (Å²) in [4.78, 5) is 24.1. The number of hydrogen-bond acceptors (Lipinski definition) is 4. The molecule has 1 aliphatic heterocycles. The Bertz CT molecular complexity index is 502. The van der Waals surface area contributed by atoms with E-state index in [1.54, 1.807) is 12.0 Å². The van der Waals surface area contributed by atoms with Gasteiger partial charge in [-0.05, 0) is 17.7 Å². The van der Waals surface area contributed by atoms with Gasteiger partial charge < -0.3 is 19.5 Å². The Morgan fingerprint density at radius 2 is 2.35 bits per heavy atom. The minimum absolute atomic E-state index is 0.0675. The van der Waals surface area contributed by atoms with Gasteiger partial charge in [-0.2, -0.15) is 0 Å². The van der Waals surface area contributed by atoms with E-state index in [4.69, 9.17) is 14.6 Å². The van der Waals surface area contributed by atoms with E-state index in [-0.39, 0.29) is 18.9 Å². The molecule has 108 valence electrons. The summed E-state index contributed by atoms with van der Waals surface area (Å²) < 4.78 is 10.4. The number of methoxy groups -OCH3 is 1. The van der Waals surface area contributed by atoms with Crippen molar-refractivity contribution < 1.29 is 24.2 Å². The second-order valence-electron chi connectivity index (χ2n) is 4.66. The van der Waals surface area contributed by atoms with Crippen LogP contribution in [-0.2, 0) is 20.9 Å². The molecule has 6 heteroatoms. The molecule has 0 aliphatic carbocycles. The van der Waals surface area contributed by atoms with Gasteiger partial charge in [-0.1, -0.05) is 12.1 Å². The molecule has 1 aliphatic rings. The van der Waals surface area contributed by atoms with Crippen LogP contribution in [0.1, 0.15) is 12.0 Å². The second kappa shape index (κ2) is 6.38. The molecule has 20 heavy (non-hydrogen) atoms. The van der Waals surface area contributed by atoms with E-state index < -0.39 is 12.1 Å². The first kappa shape index (κ1) is 14.3. The molecular weight excluding hydrogens is 262 g/mol. The topological polar surface area (TPSA) is 76.1 Å². The lowest BCUT2D eigenvalue weighted by Crippen LogP contribution is -2.46. The van der Waals surface area contributed by atoms with E-state index in [0.717, 1.165) is 11.3 Å². The summed E-state index contributed by atoms with van der Waals surface area (Å²) >= 11 is 0. The van der Waals surface area contributed by atoms with Gasteiger partial charge in [0.25, 0.3) is 0 Å². The fraction of sp³-hybridized carbons (Fsp3) is 0.429. The van der Waals surface area contributed by atoms with E-state index in [1.807, 2.05) is 24.3 Å². The molecule has 1 aromatic carbocycles. The number of ether oxygens (including phenoxy) is 2. The van der Waals surface area contributed by atoms with Crippen LogP contribution in [0.4, 0.5) is 0 Å². The third kappa shape index (κ3) is 3.71. The van der Waals surface area contributed by atoms with Crippen LogP contribution in [0.3, 0.4) is 0 Å². The van der Waals surface area contributed by atoms with Crippen LogP contribution in [0.15, 0.2) is 24.3 Å². The number of carboxylic acids is 1. The molecule has 0 aromatic heterocycles. The second-order valence-corrected chi connectivity index (χ2v) is 4.66. The number of morpholine rings is 1. The molecule has 1 atom stereocenters. The van der Waals surface area contributed by atoms with Crippen molar-refractivity contribution in [2.45, 2.75) is 19.1 Å². The Balaban J connectivity index is 2.02. The van der Waals surface area contributed by atoms with Gasteiger partial charge in [0.05, 0.1) is 19.6 Å². The average Bonchev–Trinajstić information content (AvgIpc) is 2.42. The molecule has 0 bridgehead atoms. The summed E-state index contributed by atoms with van der Waals surface area (Å²) in [7, 11) is 1.59. The van der Waals surface area contributed by atoms with Crippen molar-refractivity contribution in [1.82, 2.24) is 4.90 Å². The van der Waals surface area contributed by atoms with Gasteiger partial charge in [0.1, 0.15) is 12.4 Å². The Hall–Kier alpha value is -2.08. The predicted molar refractivity (Wildman–Crippen MR) is 70.4 cm³/mol. The Morgan fingerprint density at radius 1 is 1.55 bits per heavy atom. The van der Waals surface area contributed by atoms with Crippen molar-refractivity contribution >= 4 is 11.9 Å². The number of carbonyl (C=O) groups excluding carboxylic acids is 1. The maximum atomic E-state index is 11.8. The molecule has 1 unspecified atom stereocenters. The van der Waals surface area contributed by atoms with Gasteiger partial charge in [0, 0.05) is 13.1 Å². The Kier molecular flexibility index (Phi) is 4.57. The van der Waals surface area contributed by atoms with E-state index in [2.05, 4.69) is 0 Å². The fourth-order valence-electron chi connectivity index (χ4n) is 2.14. The van der Waals surface area contributed by atoms with Crippen molar-refractivity contribution in [3.63, 3.8) is 0 Å². The number of amides is 1. The highest BCUT2D eigenvalue weighted by atomic mass is 16.5. The number of rotatable bonds is 5. The normalized spacial score (nSPS) is 18.9. The highest BCUT2D eigenvalue weighted by Gasteiger charge is 2.27. The van der Waals surface area contributed by atoms with Crippen LogP contribution in [0.2, 0.25) is 0 Å². The molecule has 6 nitrogen and oxygen atoms in total. The lowest BCUT2D eigenvalue weighted by atomic mass is 10.1. The maximum absolute atomic E-state index is 11.8. The smallest absolute Gasteiger partial charge is 0.306 e. The molecule has 1 aromatic rings. The van der Waals surface area contributed by atoms with Crippen molar-refractivity contribution in [1.29, 1.82) is 0 Å². The van der Waals surface area contributed by atoms with Crippen molar-refractivity contribution in [3.05, 3.63) is 29.8 Å². The van der Waals surface area contributed by atoms with Crippen molar-refractivity contribution in [2.75, 3.05) is 20.3 Å². The highest BCUT2D eigenvalue weighted by Crippen LogP contribution is 2.17. The number of benzene rings is 1. The monoisotopic (exact) mass is 279 g/mol. The first-order chi connectivity index (χ1) is 9.58. The summed E-state index contributed by atoms with van der Waals surface area (Å²) in [5.74, 6) is -0.328. The van der Waals surface area contributed by atoms with Gasteiger partial charge in [-0.15, -0.1) is 0 Å². The minimum Gasteiger partial charge on any atom is -0.497 e. The van der Waals surface area contributed by atoms with Crippen LogP contribution >= 0.6 is 0 Å². The summed E-state index contributed by atoms with van der Waals surface area (Å²) in [6.07, 6.45) is -0.544. The molecule has 1 amide bonds. The summed E-state index contributed by atoms with van der Waals surface area (Å²) in [6.45, 7) is 0.653. The predicted octanol–water partition coefficient (Wildman–Crippen LogP) is 0.897. The summed E-state index contributed by atoms with van der Waals surface area (Å²) in [5, 5.41) is 8.78. The number of aliphatic carboxylic acids is 1. The Morgan fingerprint density at radius 3 is 3.05 bits per heavy atom. The van der Waals surface area contributed by atoms with Crippen molar-refractivity contribution in [3.8, 4) is 5.75 Å². The van der Waals surface area contributed by atoms with Gasteiger partial charge in [-0.25, -0.2) is 0 Å². The molecule has 1 heterocycles. The lowest BCUT2D eigenvalue weighted by Gasteiger charge is -2.32. The maximum Gasteiger partial charge on any atom is 0.306 e. The SMILES string of the molecule is COc1cccc(CN2CC(CC(=O)O)OCC2=O)c1. The summed E-state index contributed by atoms with van der Waals surface area (Å²) in [6, 6.07) is 7.44. The van der Waals surface area contributed by atoms with E-state index in [0.29, 0.717) is 13.1 Å². The minimum atomic E-state index is -0.925. The average molecular weight is 279 g/mol.